The number of fused-ring (bicyclic) bond motifs is 1. The van der Waals surface area contributed by atoms with E-state index in [4.69, 9.17) is 0 Å². The molecule has 0 unspecified atom stereocenters. The lowest BCUT2D eigenvalue weighted by atomic mass is 9.92. The van der Waals surface area contributed by atoms with Gasteiger partial charge >= 0.3 is 0 Å². The quantitative estimate of drug-likeness (QED) is 0.568. The Hall–Kier alpha value is -1.89. The van der Waals surface area contributed by atoms with Gasteiger partial charge in [0.25, 0.3) is 0 Å². The monoisotopic (exact) mass is 444 g/mol. The molecule has 0 bridgehead atoms. The Morgan fingerprint density at radius 2 is 1.72 bits per heavy atom. The predicted octanol–water partition coefficient (Wildman–Crippen LogP) is 5.15. The first-order valence-corrected chi connectivity index (χ1v) is 9.71. The largest absolute Gasteiger partial charge is 0.348 e. The van der Waals surface area contributed by atoms with Gasteiger partial charge < -0.3 is 5.32 Å². The molecule has 4 nitrogen and oxygen atoms in total. The smallest absolute Gasteiger partial charge is 0.222 e. The van der Waals surface area contributed by atoms with Gasteiger partial charge in [-0.05, 0) is 63.8 Å². The Morgan fingerprint density at radius 3 is 2.40 bits per heavy atom. The minimum atomic E-state index is 0.198. The number of rotatable bonds is 3. The number of hydrogen-bond acceptors (Lipinski definition) is 3. The maximum atomic E-state index is 4.46. The summed E-state index contributed by atoms with van der Waals surface area (Å²) in [4.78, 5) is 4.41. The number of aromatic nitrogens is 3. The first-order chi connectivity index (χ1) is 12.1. The second-order valence-electron chi connectivity index (χ2n) is 6.85. The van der Waals surface area contributed by atoms with Gasteiger partial charge in [0.05, 0.1) is 12.1 Å². The highest BCUT2D eigenvalue weighted by Crippen LogP contribution is 2.37. The Bertz CT molecular complexity index is 852. The summed E-state index contributed by atoms with van der Waals surface area (Å²) in [6, 6.07) is 18.1. The van der Waals surface area contributed by atoms with Crippen LogP contribution < -0.4 is 5.32 Å². The van der Waals surface area contributed by atoms with E-state index in [1.54, 1.807) is 6.33 Å². The highest BCUT2D eigenvalue weighted by Gasteiger charge is 2.29. The van der Waals surface area contributed by atoms with E-state index in [1.807, 2.05) is 4.68 Å². The molecule has 2 aromatic carbocycles. The summed E-state index contributed by atoms with van der Waals surface area (Å²) in [6.07, 6.45) is 2.59. The van der Waals surface area contributed by atoms with Crippen molar-refractivity contribution in [3.8, 4) is 0 Å². The van der Waals surface area contributed by atoms with Crippen molar-refractivity contribution in [1.82, 2.24) is 14.8 Å². The average molecular weight is 444 g/mol. The second-order valence-corrected chi connectivity index (χ2v) is 8.10. The van der Waals surface area contributed by atoms with Gasteiger partial charge in [-0.15, -0.1) is 0 Å². The molecule has 0 fully saturated rings. The summed E-state index contributed by atoms with van der Waals surface area (Å²) < 4.78 is 3.26. The molecule has 2 heterocycles. The zero-order valence-corrected chi connectivity index (χ0v) is 16.5. The van der Waals surface area contributed by atoms with Crippen LogP contribution in [0.15, 0.2) is 54.9 Å². The molecule has 1 aliphatic rings. The summed E-state index contributed by atoms with van der Waals surface area (Å²) in [6.45, 7) is 4.45. The van der Waals surface area contributed by atoms with E-state index in [0.717, 1.165) is 12.4 Å². The number of nitrogens with zero attached hydrogens (tertiary/aromatic N) is 3. The van der Waals surface area contributed by atoms with Crippen molar-refractivity contribution in [2.45, 2.75) is 38.3 Å². The van der Waals surface area contributed by atoms with Crippen LogP contribution in [0, 0.1) is 3.57 Å². The molecule has 0 saturated heterocycles. The summed E-state index contributed by atoms with van der Waals surface area (Å²) in [7, 11) is 0. The van der Waals surface area contributed by atoms with Crippen LogP contribution in [0.3, 0.4) is 0 Å². The molecule has 0 radical (unpaired) electrons. The van der Waals surface area contributed by atoms with Crippen molar-refractivity contribution in [3.05, 3.63) is 75.1 Å². The normalized spacial score (nSPS) is 19.5. The van der Waals surface area contributed by atoms with E-state index < -0.39 is 0 Å². The Kier molecular flexibility index (Phi) is 4.50. The van der Waals surface area contributed by atoms with E-state index in [9.17, 15) is 0 Å². The van der Waals surface area contributed by atoms with Gasteiger partial charge in [-0.1, -0.05) is 50.2 Å². The number of benzene rings is 2. The third-order valence-electron chi connectivity index (χ3n) is 4.89. The number of anilines is 1. The van der Waals surface area contributed by atoms with E-state index in [2.05, 4.69) is 100 Å². The van der Waals surface area contributed by atoms with Crippen molar-refractivity contribution in [2.24, 2.45) is 0 Å². The topological polar surface area (TPSA) is 42.7 Å². The highest BCUT2D eigenvalue weighted by molar-refractivity contribution is 14.1. The molecule has 0 aliphatic carbocycles. The van der Waals surface area contributed by atoms with Gasteiger partial charge in [0.2, 0.25) is 5.95 Å². The van der Waals surface area contributed by atoms with Gasteiger partial charge in [-0.2, -0.15) is 10.1 Å². The summed E-state index contributed by atoms with van der Waals surface area (Å²) in [5.41, 5.74) is 3.94. The van der Waals surface area contributed by atoms with Crippen molar-refractivity contribution in [2.75, 3.05) is 5.32 Å². The predicted molar refractivity (Wildman–Crippen MR) is 109 cm³/mol. The fourth-order valence-electron chi connectivity index (χ4n) is 3.41. The molecule has 1 N–H and O–H groups in total. The van der Waals surface area contributed by atoms with E-state index in [1.165, 1.54) is 20.3 Å². The average Bonchev–Trinajstić information content (AvgIpc) is 3.10. The molecule has 0 amide bonds. The van der Waals surface area contributed by atoms with Crippen LogP contribution in [0.25, 0.3) is 0 Å². The molecule has 4 rings (SSSR count). The Labute approximate surface area is 161 Å². The van der Waals surface area contributed by atoms with Gasteiger partial charge in [0.1, 0.15) is 6.33 Å². The fourth-order valence-corrected chi connectivity index (χ4v) is 3.77. The lowest BCUT2D eigenvalue weighted by molar-refractivity contribution is 0.430. The van der Waals surface area contributed by atoms with E-state index in [0.29, 0.717) is 5.92 Å². The van der Waals surface area contributed by atoms with E-state index in [-0.39, 0.29) is 12.1 Å². The summed E-state index contributed by atoms with van der Waals surface area (Å²) in [5, 5.41) is 7.99. The van der Waals surface area contributed by atoms with Crippen LogP contribution >= 0.6 is 22.6 Å². The lowest BCUT2D eigenvalue weighted by Gasteiger charge is -2.32. The summed E-state index contributed by atoms with van der Waals surface area (Å²) >= 11 is 2.34. The minimum absolute atomic E-state index is 0.198. The third-order valence-corrected chi connectivity index (χ3v) is 5.61. The first kappa shape index (κ1) is 16.6. The van der Waals surface area contributed by atoms with E-state index >= 15 is 0 Å². The number of hydrogen-bond donors (Lipinski definition) is 1. The van der Waals surface area contributed by atoms with Crippen LogP contribution in [0.5, 0.6) is 0 Å². The second kappa shape index (κ2) is 6.78. The maximum Gasteiger partial charge on any atom is 0.222 e. The molecule has 25 heavy (non-hydrogen) atoms. The molecular weight excluding hydrogens is 423 g/mol. The van der Waals surface area contributed by atoms with Crippen LogP contribution in [0.2, 0.25) is 0 Å². The van der Waals surface area contributed by atoms with Crippen molar-refractivity contribution < 1.29 is 0 Å². The maximum absolute atomic E-state index is 4.46. The number of nitrogens with one attached hydrogen (secondary N) is 1. The van der Waals surface area contributed by atoms with Crippen molar-refractivity contribution in [1.29, 1.82) is 0 Å². The lowest BCUT2D eigenvalue weighted by Crippen LogP contribution is -2.28. The zero-order valence-electron chi connectivity index (χ0n) is 14.4. The van der Waals surface area contributed by atoms with Crippen molar-refractivity contribution in [3.63, 3.8) is 0 Å². The van der Waals surface area contributed by atoms with Crippen LogP contribution in [-0.2, 0) is 0 Å². The molecule has 0 saturated carbocycles. The van der Waals surface area contributed by atoms with Gasteiger partial charge in [-0.3, -0.25) is 0 Å². The standard InChI is InChI=1S/C20H21IN4/c1-13(2)14-3-5-16(6-4-14)19-11-18(15-7-9-17(21)10-8-15)24-20-22-12-23-25(19)20/h3-10,12-13,18-19H,11H2,1-2H3,(H,22,23,24)/t18-,19+/m0/s1. The van der Waals surface area contributed by atoms with Crippen LogP contribution in [0.4, 0.5) is 5.95 Å². The van der Waals surface area contributed by atoms with Gasteiger partial charge in [-0.25, -0.2) is 4.68 Å². The molecule has 1 aliphatic heterocycles. The molecular formula is C20H21IN4. The molecule has 0 spiro atoms. The first-order valence-electron chi connectivity index (χ1n) is 8.63. The molecule has 3 aromatic rings. The zero-order chi connectivity index (χ0) is 17.4. The van der Waals surface area contributed by atoms with Crippen LogP contribution in [0.1, 0.15) is 55.0 Å². The fraction of sp³-hybridized carbons (Fsp3) is 0.300. The number of halogens is 1. The van der Waals surface area contributed by atoms with Crippen molar-refractivity contribution >= 4 is 28.5 Å². The molecule has 128 valence electrons. The molecule has 2 atom stereocenters. The Morgan fingerprint density at radius 1 is 1.04 bits per heavy atom. The molecule has 5 heteroatoms. The minimum Gasteiger partial charge on any atom is -0.348 e. The van der Waals surface area contributed by atoms with Crippen LogP contribution in [-0.4, -0.2) is 14.8 Å². The summed E-state index contributed by atoms with van der Waals surface area (Å²) in [5.74, 6) is 1.39. The van der Waals surface area contributed by atoms with Gasteiger partial charge in [0.15, 0.2) is 0 Å². The highest BCUT2D eigenvalue weighted by atomic mass is 127. The Balaban J connectivity index is 1.68. The third kappa shape index (κ3) is 3.29. The molecule has 1 aromatic heterocycles. The SMILES string of the molecule is CC(C)c1ccc([C@H]2C[C@@H](c3ccc(I)cc3)Nc3ncnn32)cc1. The van der Waals surface area contributed by atoms with Gasteiger partial charge in [0, 0.05) is 3.57 Å².